The molecule has 0 aliphatic carbocycles. The molecule has 0 unspecified atom stereocenters. The summed E-state index contributed by atoms with van der Waals surface area (Å²) in [5.41, 5.74) is 1.07. The van der Waals surface area contributed by atoms with E-state index in [0.29, 0.717) is 16.9 Å². The molecule has 30 heavy (non-hydrogen) atoms. The van der Waals surface area contributed by atoms with Crippen LogP contribution < -0.4 is 5.32 Å². The monoisotopic (exact) mass is 411 g/mol. The van der Waals surface area contributed by atoms with E-state index in [9.17, 15) is 25.2 Å². The molecule has 2 heterocycles. The number of benzene rings is 1. The highest BCUT2D eigenvalue weighted by atomic mass is 16.4. The Labute approximate surface area is 171 Å². The number of imidazole rings is 1. The van der Waals surface area contributed by atoms with E-state index in [1.807, 2.05) is 0 Å². The summed E-state index contributed by atoms with van der Waals surface area (Å²) in [6.07, 6.45) is -1.76. The second-order valence-electron chi connectivity index (χ2n) is 6.53. The van der Waals surface area contributed by atoms with Crippen molar-refractivity contribution in [3.05, 3.63) is 42.0 Å². The first-order valence-electron chi connectivity index (χ1n) is 9.18. The predicted molar refractivity (Wildman–Crippen MR) is 108 cm³/mol. The Bertz CT molecular complexity index is 1130. The summed E-state index contributed by atoms with van der Waals surface area (Å²) < 4.78 is 1.19. The first-order valence-corrected chi connectivity index (χ1v) is 9.18. The average Bonchev–Trinajstić information content (AvgIpc) is 3.15. The van der Waals surface area contributed by atoms with E-state index in [1.165, 1.54) is 23.0 Å². The van der Waals surface area contributed by atoms with Gasteiger partial charge in [0.05, 0.1) is 12.2 Å². The fraction of sp³-hybridized carbons (Fsp3) is 0.300. The number of nitrogens with one attached hydrogen (secondary N) is 1. The molecule has 0 saturated heterocycles. The number of phenols is 1. The van der Waals surface area contributed by atoms with Gasteiger partial charge >= 0.3 is 5.97 Å². The van der Waals surface area contributed by atoms with Crippen LogP contribution in [0.1, 0.15) is 31.0 Å². The second-order valence-corrected chi connectivity index (χ2v) is 6.53. The lowest BCUT2D eigenvalue weighted by Gasteiger charge is -2.23. The van der Waals surface area contributed by atoms with Gasteiger partial charge in [-0.2, -0.15) is 0 Å². The highest BCUT2D eigenvalue weighted by molar-refractivity contribution is 5.83. The van der Waals surface area contributed by atoms with Crippen LogP contribution in [0.2, 0.25) is 0 Å². The van der Waals surface area contributed by atoms with Crippen LogP contribution in [0, 0.1) is 17.8 Å². The fourth-order valence-corrected chi connectivity index (χ4v) is 2.99. The highest BCUT2D eigenvalue weighted by Crippen LogP contribution is 2.25. The summed E-state index contributed by atoms with van der Waals surface area (Å²) in [4.78, 5) is 24.1. The summed E-state index contributed by atoms with van der Waals surface area (Å²) in [7, 11) is 1.63. The molecule has 0 amide bonds. The van der Waals surface area contributed by atoms with Crippen LogP contribution in [0.4, 0.5) is 5.82 Å². The van der Waals surface area contributed by atoms with E-state index in [0.717, 1.165) is 0 Å². The van der Waals surface area contributed by atoms with Gasteiger partial charge in [-0.1, -0.05) is 18.9 Å². The SMILES string of the molecule is CC[C@H](C(=O)O)[C@@H](O)[C@@H](O)n1cnc2c(NC)nc(C#Cc3cccc(O)c3)nc21. The number of hydrogen-bond acceptors (Lipinski definition) is 8. The molecule has 0 spiro atoms. The number of aliphatic carboxylic acids is 1. The van der Waals surface area contributed by atoms with Gasteiger partial charge < -0.3 is 25.7 Å². The van der Waals surface area contributed by atoms with Gasteiger partial charge in [-0.05, 0) is 30.5 Å². The van der Waals surface area contributed by atoms with Crippen molar-refractivity contribution in [2.45, 2.75) is 25.7 Å². The molecule has 3 atom stereocenters. The summed E-state index contributed by atoms with van der Waals surface area (Å²) in [6.45, 7) is 1.61. The van der Waals surface area contributed by atoms with Crippen molar-refractivity contribution in [3.8, 4) is 17.6 Å². The number of carboxylic acids is 1. The van der Waals surface area contributed by atoms with Gasteiger partial charge in [0.1, 0.15) is 11.9 Å². The molecule has 0 bridgehead atoms. The van der Waals surface area contributed by atoms with Crippen molar-refractivity contribution in [1.29, 1.82) is 0 Å². The molecular formula is C20H21N5O5. The lowest BCUT2D eigenvalue weighted by Crippen LogP contribution is -2.35. The molecular weight excluding hydrogens is 390 g/mol. The molecule has 0 aliphatic heterocycles. The Hall–Kier alpha value is -3.68. The number of phenolic OH excluding ortho intramolecular Hbond substituents is 1. The maximum Gasteiger partial charge on any atom is 0.309 e. The molecule has 10 nitrogen and oxygen atoms in total. The van der Waals surface area contributed by atoms with E-state index < -0.39 is 24.2 Å². The molecule has 156 valence electrons. The first-order chi connectivity index (χ1) is 14.3. The zero-order chi connectivity index (χ0) is 21.8. The third kappa shape index (κ3) is 4.17. The van der Waals surface area contributed by atoms with E-state index in [2.05, 4.69) is 32.1 Å². The lowest BCUT2D eigenvalue weighted by molar-refractivity contribution is -0.152. The quantitative estimate of drug-likeness (QED) is 0.373. The highest BCUT2D eigenvalue weighted by Gasteiger charge is 2.32. The average molecular weight is 411 g/mol. The van der Waals surface area contributed by atoms with E-state index in [1.54, 1.807) is 26.1 Å². The van der Waals surface area contributed by atoms with Gasteiger partial charge in [0.15, 0.2) is 23.2 Å². The van der Waals surface area contributed by atoms with Gasteiger partial charge in [0.25, 0.3) is 0 Å². The maximum atomic E-state index is 11.3. The van der Waals surface area contributed by atoms with E-state index >= 15 is 0 Å². The van der Waals surface area contributed by atoms with Gasteiger partial charge in [-0.25, -0.2) is 15.0 Å². The third-order valence-electron chi connectivity index (χ3n) is 4.58. The van der Waals surface area contributed by atoms with Crippen LogP contribution in [0.15, 0.2) is 30.6 Å². The Kier molecular flexibility index (Phi) is 6.15. The van der Waals surface area contributed by atoms with Crippen LogP contribution in [0.3, 0.4) is 0 Å². The van der Waals surface area contributed by atoms with E-state index in [4.69, 9.17) is 0 Å². The molecule has 3 rings (SSSR count). The van der Waals surface area contributed by atoms with Crippen molar-refractivity contribution in [2.75, 3.05) is 12.4 Å². The number of carbonyl (C=O) groups is 1. The Morgan fingerprint density at radius 3 is 2.67 bits per heavy atom. The number of anilines is 1. The number of nitrogens with zero attached hydrogens (tertiary/aromatic N) is 4. The number of aromatic hydroxyl groups is 1. The van der Waals surface area contributed by atoms with Gasteiger partial charge in [-0.3, -0.25) is 9.36 Å². The Balaban J connectivity index is 2.04. The summed E-state index contributed by atoms with van der Waals surface area (Å²) in [5.74, 6) is 3.81. The molecule has 0 radical (unpaired) electrons. The molecule has 0 fully saturated rings. The number of aromatic nitrogens is 4. The van der Waals surface area contributed by atoms with Crippen LogP contribution in [-0.4, -0.2) is 59.1 Å². The smallest absolute Gasteiger partial charge is 0.309 e. The number of hydrogen-bond donors (Lipinski definition) is 5. The standard InChI is InChI=1S/C20H21N5O5/c1-3-13(20(29)30)16(27)19(28)25-10-22-15-17(21-2)23-14(24-18(15)25)8-7-11-5-4-6-12(26)9-11/h4-6,9-10,13,16,19,26-28H,3H2,1-2H3,(H,29,30)(H,21,23,24)/t13-,16+,19+/m0/s1. The largest absolute Gasteiger partial charge is 0.508 e. The molecule has 0 aliphatic rings. The Morgan fingerprint density at radius 2 is 2.03 bits per heavy atom. The fourth-order valence-electron chi connectivity index (χ4n) is 2.99. The van der Waals surface area contributed by atoms with Gasteiger partial charge in [0, 0.05) is 12.6 Å². The summed E-state index contributed by atoms with van der Waals surface area (Å²) in [6, 6.07) is 6.39. The zero-order valence-corrected chi connectivity index (χ0v) is 16.3. The minimum absolute atomic E-state index is 0.0770. The van der Waals surface area contributed by atoms with Crippen LogP contribution in [0.5, 0.6) is 5.75 Å². The normalized spacial score (nSPS) is 13.9. The minimum Gasteiger partial charge on any atom is -0.508 e. The van der Waals surface area contributed by atoms with Gasteiger partial charge in [0.2, 0.25) is 5.82 Å². The predicted octanol–water partition coefficient (Wildman–Crippen LogP) is 0.936. The van der Waals surface area contributed by atoms with Crippen LogP contribution >= 0.6 is 0 Å². The molecule has 10 heteroatoms. The Morgan fingerprint density at radius 1 is 1.27 bits per heavy atom. The number of fused-ring (bicyclic) bond motifs is 1. The van der Waals surface area contributed by atoms with Crippen LogP contribution in [0.25, 0.3) is 11.2 Å². The molecule has 0 saturated carbocycles. The molecule has 3 aromatic rings. The first kappa shape index (κ1) is 21.0. The minimum atomic E-state index is -1.58. The van der Waals surface area contributed by atoms with Crippen molar-refractivity contribution in [3.63, 3.8) is 0 Å². The van der Waals surface area contributed by atoms with E-state index in [-0.39, 0.29) is 23.6 Å². The number of aliphatic hydroxyl groups excluding tert-OH is 2. The van der Waals surface area contributed by atoms with Crippen molar-refractivity contribution in [1.82, 2.24) is 19.5 Å². The van der Waals surface area contributed by atoms with Crippen molar-refractivity contribution >= 4 is 23.0 Å². The number of aliphatic hydroxyl groups is 2. The number of carboxylic acid groups (broad SMARTS) is 1. The zero-order valence-electron chi connectivity index (χ0n) is 16.3. The number of rotatable bonds is 6. The topological polar surface area (TPSA) is 154 Å². The third-order valence-corrected chi connectivity index (χ3v) is 4.58. The van der Waals surface area contributed by atoms with Crippen molar-refractivity contribution < 1.29 is 25.2 Å². The van der Waals surface area contributed by atoms with Crippen LogP contribution in [-0.2, 0) is 4.79 Å². The lowest BCUT2D eigenvalue weighted by atomic mass is 9.98. The van der Waals surface area contributed by atoms with Crippen molar-refractivity contribution in [2.24, 2.45) is 5.92 Å². The molecule has 1 aromatic carbocycles. The molecule has 2 aromatic heterocycles. The summed E-state index contributed by atoms with van der Waals surface area (Å²) >= 11 is 0. The maximum absolute atomic E-state index is 11.3. The molecule has 5 N–H and O–H groups in total. The van der Waals surface area contributed by atoms with Gasteiger partial charge in [-0.15, -0.1) is 0 Å². The summed E-state index contributed by atoms with van der Waals surface area (Å²) in [5, 5.41) is 42.6. The second kappa shape index (κ2) is 8.77.